The molecule has 0 unspecified atom stereocenters. The Hall–Kier alpha value is -3.37. The number of ether oxygens (including phenoxy) is 1. The summed E-state index contributed by atoms with van der Waals surface area (Å²) in [5, 5.41) is 14.6. The van der Waals surface area contributed by atoms with Gasteiger partial charge in [-0.2, -0.15) is 0 Å². The molecule has 2 aromatic rings. The lowest BCUT2D eigenvalue weighted by Gasteiger charge is -2.36. The van der Waals surface area contributed by atoms with E-state index in [1.807, 2.05) is 29.2 Å². The minimum atomic E-state index is -0.537. The van der Waals surface area contributed by atoms with Crippen LogP contribution in [0.3, 0.4) is 0 Å². The summed E-state index contributed by atoms with van der Waals surface area (Å²) in [6.07, 6.45) is 0. The Balaban J connectivity index is 1.37. The van der Waals surface area contributed by atoms with Crippen molar-refractivity contribution in [3.05, 3.63) is 63.2 Å². The smallest absolute Gasteiger partial charge is 0.270 e. The van der Waals surface area contributed by atoms with Crippen LogP contribution in [0.2, 0.25) is 5.02 Å². The molecule has 1 N–H and O–H groups in total. The molecule has 2 aromatic carbocycles. The van der Waals surface area contributed by atoms with Gasteiger partial charge in [0, 0.05) is 62.1 Å². The van der Waals surface area contributed by atoms with Crippen molar-refractivity contribution in [1.82, 2.24) is 10.2 Å². The van der Waals surface area contributed by atoms with Crippen molar-refractivity contribution >= 4 is 40.5 Å². The van der Waals surface area contributed by atoms with Gasteiger partial charge in [0.25, 0.3) is 11.6 Å². The van der Waals surface area contributed by atoms with E-state index in [9.17, 15) is 19.7 Å². The molecule has 2 amide bonds. The Morgan fingerprint density at radius 2 is 1.74 bits per heavy atom. The monoisotopic (exact) mass is 487 g/mol. The molecule has 2 aliphatic rings. The van der Waals surface area contributed by atoms with Crippen molar-refractivity contribution in [3.8, 4) is 0 Å². The first kappa shape index (κ1) is 23.8. The van der Waals surface area contributed by atoms with E-state index in [0.717, 1.165) is 5.69 Å². The molecule has 10 nitrogen and oxygen atoms in total. The van der Waals surface area contributed by atoms with Gasteiger partial charge in [0.1, 0.15) is 0 Å². The normalized spacial score (nSPS) is 16.3. The fourth-order valence-corrected chi connectivity index (χ4v) is 4.33. The SMILES string of the molecule is O=C(NCC(=O)N1CCN(c2cccc(Cl)c2)CC1)c1cc([N+](=O)[O-])ccc1N1CCOCC1. The second kappa shape index (κ2) is 10.7. The summed E-state index contributed by atoms with van der Waals surface area (Å²) < 4.78 is 5.36. The minimum Gasteiger partial charge on any atom is -0.378 e. The molecule has 34 heavy (non-hydrogen) atoms. The van der Waals surface area contributed by atoms with Gasteiger partial charge in [0.2, 0.25) is 5.91 Å². The molecule has 0 aromatic heterocycles. The maximum atomic E-state index is 13.0. The lowest BCUT2D eigenvalue weighted by Crippen LogP contribution is -2.51. The molecule has 11 heteroatoms. The standard InChI is InChI=1S/C23H26ClN5O5/c24-17-2-1-3-18(14-17)26-6-8-28(9-7-26)22(30)16-25-23(31)20-15-19(29(32)33)4-5-21(20)27-10-12-34-13-11-27/h1-5,14-15H,6-13,16H2,(H,25,31). The van der Waals surface area contributed by atoms with E-state index >= 15 is 0 Å². The third-order valence-corrected chi connectivity index (χ3v) is 6.23. The predicted octanol–water partition coefficient (Wildman–Crippen LogP) is 2.16. The van der Waals surface area contributed by atoms with Crippen LogP contribution in [0.5, 0.6) is 0 Å². The van der Waals surface area contributed by atoms with Crippen molar-refractivity contribution in [2.24, 2.45) is 0 Å². The zero-order valence-corrected chi connectivity index (χ0v) is 19.4. The molecule has 2 fully saturated rings. The van der Waals surface area contributed by atoms with Crippen molar-refractivity contribution in [2.45, 2.75) is 0 Å². The minimum absolute atomic E-state index is 0.175. The molecule has 180 valence electrons. The molecular formula is C23H26ClN5O5. The van der Waals surface area contributed by atoms with Crippen LogP contribution < -0.4 is 15.1 Å². The summed E-state index contributed by atoms with van der Waals surface area (Å²) in [6.45, 7) is 4.37. The van der Waals surface area contributed by atoms with Gasteiger partial charge in [-0.15, -0.1) is 0 Å². The molecule has 0 bridgehead atoms. The van der Waals surface area contributed by atoms with E-state index in [1.165, 1.54) is 12.1 Å². The highest BCUT2D eigenvalue weighted by Crippen LogP contribution is 2.26. The number of benzene rings is 2. The summed E-state index contributed by atoms with van der Waals surface area (Å²) >= 11 is 6.07. The van der Waals surface area contributed by atoms with E-state index in [1.54, 1.807) is 11.0 Å². The highest BCUT2D eigenvalue weighted by molar-refractivity contribution is 6.30. The first-order chi connectivity index (χ1) is 16.4. The average molecular weight is 488 g/mol. The number of non-ortho nitro benzene ring substituents is 1. The first-order valence-electron chi connectivity index (χ1n) is 11.1. The number of anilines is 2. The first-order valence-corrected chi connectivity index (χ1v) is 11.5. The fraction of sp³-hybridized carbons (Fsp3) is 0.391. The quantitative estimate of drug-likeness (QED) is 0.491. The average Bonchev–Trinajstić information content (AvgIpc) is 2.87. The molecule has 0 spiro atoms. The molecule has 2 aliphatic heterocycles. The maximum Gasteiger partial charge on any atom is 0.270 e. The Morgan fingerprint density at radius 1 is 1.00 bits per heavy atom. The van der Waals surface area contributed by atoms with E-state index in [4.69, 9.17) is 16.3 Å². The number of piperazine rings is 1. The molecule has 4 rings (SSSR count). The van der Waals surface area contributed by atoms with E-state index < -0.39 is 10.8 Å². The van der Waals surface area contributed by atoms with E-state index in [2.05, 4.69) is 10.2 Å². The highest BCUT2D eigenvalue weighted by atomic mass is 35.5. The van der Waals surface area contributed by atoms with Gasteiger partial charge in [-0.3, -0.25) is 19.7 Å². The topological polar surface area (TPSA) is 108 Å². The Bertz CT molecular complexity index is 1070. The number of halogens is 1. The molecule has 0 atom stereocenters. The van der Waals surface area contributed by atoms with Gasteiger partial charge >= 0.3 is 0 Å². The second-order valence-corrected chi connectivity index (χ2v) is 8.52. The number of carbonyl (C=O) groups excluding carboxylic acids is 2. The van der Waals surface area contributed by atoms with Crippen LogP contribution >= 0.6 is 11.6 Å². The fourth-order valence-electron chi connectivity index (χ4n) is 4.15. The number of carbonyl (C=O) groups is 2. The summed E-state index contributed by atoms with van der Waals surface area (Å²) in [4.78, 5) is 42.2. The van der Waals surface area contributed by atoms with Gasteiger partial charge in [-0.1, -0.05) is 17.7 Å². The van der Waals surface area contributed by atoms with Gasteiger partial charge in [-0.25, -0.2) is 0 Å². The maximum absolute atomic E-state index is 13.0. The molecule has 0 aliphatic carbocycles. The summed E-state index contributed by atoms with van der Waals surface area (Å²) in [5.41, 5.74) is 1.60. The number of amides is 2. The van der Waals surface area contributed by atoms with Crippen LogP contribution in [-0.2, 0) is 9.53 Å². The van der Waals surface area contributed by atoms with Gasteiger partial charge < -0.3 is 24.8 Å². The van der Waals surface area contributed by atoms with Crippen molar-refractivity contribution in [3.63, 3.8) is 0 Å². The number of hydrogen-bond acceptors (Lipinski definition) is 7. The lowest BCUT2D eigenvalue weighted by molar-refractivity contribution is -0.384. The number of nitro benzene ring substituents is 1. The van der Waals surface area contributed by atoms with E-state index in [-0.39, 0.29) is 23.7 Å². The second-order valence-electron chi connectivity index (χ2n) is 8.09. The largest absolute Gasteiger partial charge is 0.378 e. The Morgan fingerprint density at radius 3 is 2.41 bits per heavy atom. The molecule has 2 heterocycles. The number of nitrogens with zero attached hydrogens (tertiary/aromatic N) is 4. The third-order valence-electron chi connectivity index (χ3n) is 5.99. The van der Waals surface area contributed by atoms with Crippen LogP contribution in [0.25, 0.3) is 0 Å². The lowest BCUT2D eigenvalue weighted by atomic mass is 10.1. The number of nitro groups is 1. The Labute approximate surface area is 202 Å². The zero-order valence-electron chi connectivity index (χ0n) is 18.6. The zero-order chi connectivity index (χ0) is 24.1. The summed E-state index contributed by atoms with van der Waals surface area (Å²) in [6, 6.07) is 11.8. The molecule has 0 radical (unpaired) electrons. The number of rotatable bonds is 6. The summed E-state index contributed by atoms with van der Waals surface area (Å²) in [7, 11) is 0. The van der Waals surface area contributed by atoms with Crippen LogP contribution in [0.15, 0.2) is 42.5 Å². The van der Waals surface area contributed by atoms with Crippen molar-refractivity contribution < 1.29 is 19.2 Å². The van der Waals surface area contributed by atoms with Crippen molar-refractivity contribution in [2.75, 3.05) is 68.8 Å². The third kappa shape index (κ3) is 5.57. The van der Waals surface area contributed by atoms with Gasteiger partial charge in [-0.05, 0) is 24.3 Å². The van der Waals surface area contributed by atoms with Crippen molar-refractivity contribution in [1.29, 1.82) is 0 Å². The summed E-state index contributed by atoms with van der Waals surface area (Å²) in [5.74, 6) is -0.714. The van der Waals surface area contributed by atoms with Crippen LogP contribution in [0.4, 0.5) is 17.1 Å². The number of morpholine rings is 1. The Kier molecular flexibility index (Phi) is 7.49. The van der Waals surface area contributed by atoms with Crippen LogP contribution in [0, 0.1) is 10.1 Å². The molecular weight excluding hydrogens is 462 g/mol. The van der Waals surface area contributed by atoms with Gasteiger partial charge in [0.15, 0.2) is 0 Å². The number of nitrogens with one attached hydrogen (secondary N) is 1. The van der Waals surface area contributed by atoms with Gasteiger partial charge in [0.05, 0.1) is 35.9 Å². The van der Waals surface area contributed by atoms with Crippen LogP contribution in [0.1, 0.15) is 10.4 Å². The van der Waals surface area contributed by atoms with E-state index in [0.29, 0.717) is 63.2 Å². The highest BCUT2D eigenvalue weighted by Gasteiger charge is 2.25. The molecule has 2 saturated heterocycles. The van der Waals surface area contributed by atoms with Crippen LogP contribution in [-0.4, -0.2) is 80.7 Å². The predicted molar refractivity (Wildman–Crippen MR) is 129 cm³/mol. The number of hydrogen-bond donors (Lipinski definition) is 1. The molecule has 0 saturated carbocycles.